The van der Waals surface area contributed by atoms with Gasteiger partial charge in [0, 0.05) is 6.07 Å². The summed E-state index contributed by atoms with van der Waals surface area (Å²) in [7, 11) is -3.96. The maximum absolute atomic E-state index is 12.5. The monoisotopic (exact) mass is 455 g/mol. The Labute approximate surface area is 187 Å². The van der Waals surface area contributed by atoms with E-state index in [1.807, 2.05) is 24.3 Å². The minimum atomic E-state index is -3.96. The van der Waals surface area contributed by atoms with Crippen molar-refractivity contribution in [1.29, 1.82) is 0 Å². The molecule has 168 valence electrons. The Morgan fingerprint density at radius 2 is 1.56 bits per heavy atom. The summed E-state index contributed by atoms with van der Waals surface area (Å²) < 4.78 is 33.0. The zero-order chi connectivity index (χ0) is 23.3. The van der Waals surface area contributed by atoms with Crippen molar-refractivity contribution in [3.63, 3.8) is 0 Å². The van der Waals surface area contributed by atoms with Crippen LogP contribution in [0.4, 0.5) is 0 Å². The summed E-state index contributed by atoms with van der Waals surface area (Å²) in [6.45, 7) is 3.62. The molecule has 0 aliphatic rings. The van der Waals surface area contributed by atoms with Crippen molar-refractivity contribution in [1.82, 2.24) is 4.72 Å². The summed E-state index contributed by atoms with van der Waals surface area (Å²) in [6, 6.07) is 19.3. The minimum Gasteiger partial charge on any atom is -0.508 e. The molecule has 3 aromatic carbocycles. The fourth-order valence-corrected chi connectivity index (χ4v) is 4.40. The highest BCUT2D eigenvalue weighted by molar-refractivity contribution is 7.89. The first-order valence-corrected chi connectivity index (χ1v) is 11.5. The van der Waals surface area contributed by atoms with Gasteiger partial charge in [0.2, 0.25) is 10.0 Å². The number of carboxylic acids is 1. The summed E-state index contributed by atoms with van der Waals surface area (Å²) in [6.07, 6.45) is 0. The Kier molecular flexibility index (Phi) is 7.17. The van der Waals surface area contributed by atoms with Crippen LogP contribution in [0.1, 0.15) is 19.4 Å². The first kappa shape index (κ1) is 23.3. The predicted molar refractivity (Wildman–Crippen MR) is 121 cm³/mol. The number of aromatic hydroxyl groups is 1. The Bertz CT molecular complexity index is 1170. The van der Waals surface area contributed by atoms with Crippen LogP contribution in [0.25, 0.3) is 11.1 Å². The summed E-state index contributed by atoms with van der Waals surface area (Å²) >= 11 is 0. The zero-order valence-corrected chi connectivity index (χ0v) is 18.5. The molecule has 3 aromatic rings. The first-order valence-electron chi connectivity index (χ1n) is 10.0. The number of benzene rings is 3. The number of rotatable bonds is 9. The molecule has 0 spiro atoms. The van der Waals surface area contributed by atoms with Crippen LogP contribution in [0.2, 0.25) is 0 Å². The number of phenolic OH excluding ortho intramolecular Hbond substituents is 1. The van der Waals surface area contributed by atoms with Gasteiger partial charge in [-0.15, -0.1) is 0 Å². The van der Waals surface area contributed by atoms with Crippen molar-refractivity contribution >= 4 is 16.0 Å². The van der Waals surface area contributed by atoms with Crippen LogP contribution in [-0.2, 0) is 21.4 Å². The average Bonchev–Trinajstić information content (AvgIpc) is 2.76. The van der Waals surface area contributed by atoms with Gasteiger partial charge in [-0.25, -0.2) is 8.42 Å². The topological polar surface area (TPSA) is 113 Å². The number of nitrogens with one attached hydrogen (secondary N) is 1. The van der Waals surface area contributed by atoms with Gasteiger partial charge in [0.05, 0.1) is 4.90 Å². The molecule has 0 aromatic heterocycles. The van der Waals surface area contributed by atoms with Crippen molar-refractivity contribution < 1.29 is 28.2 Å². The second kappa shape index (κ2) is 9.84. The highest BCUT2D eigenvalue weighted by Gasteiger charge is 2.27. The molecule has 0 aliphatic heterocycles. The lowest BCUT2D eigenvalue weighted by Gasteiger charge is -2.18. The lowest BCUT2D eigenvalue weighted by Crippen LogP contribution is -2.44. The standard InChI is InChI=1S/C24H25NO6S/c1-16(2)23(24(27)28)25-32(29,30)22-12-10-19(11-13-22)18-8-6-17(7-9-18)15-31-21-5-3-4-20(26)14-21/h3-14,16,23,25-26H,15H2,1-2H3,(H,27,28)/t23-/m1/s1. The van der Waals surface area contributed by atoms with Gasteiger partial charge >= 0.3 is 5.97 Å². The number of ether oxygens (including phenoxy) is 1. The molecule has 0 saturated heterocycles. The molecule has 0 fully saturated rings. The van der Waals surface area contributed by atoms with Gasteiger partial charge in [-0.1, -0.05) is 56.3 Å². The maximum Gasteiger partial charge on any atom is 0.322 e. The van der Waals surface area contributed by atoms with E-state index in [2.05, 4.69) is 4.72 Å². The van der Waals surface area contributed by atoms with Crippen molar-refractivity contribution in [2.24, 2.45) is 5.92 Å². The minimum absolute atomic E-state index is 0.00397. The van der Waals surface area contributed by atoms with E-state index >= 15 is 0 Å². The molecule has 0 radical (unpaired) electrons. The molecule has 32 heavy (non-hydrogen) atoms. The normalized spacial score (nSPS) is 12.5. The van der Waals surface area contributed by atoms with Crippen LogP contribution in [-0.4, -0.2) is 30.6 Å². The lowest BCUT2D eigenvalue weighted by molar-refractivity contribution is -0.140. The van der Waals surface area contributed by atoms with E-state index in [4.69, 9.17) is 4.74 Å². The molecular weight excluding hydrogens is 430 g/mol. The van der Waals surface area contributed by atoms with E-state index in [1.165, 1.54) is 12.1 Å². The van der Waals surface area contributed by atoms with Crippen LogP contribution < -0.4 is 9.46 Å². The summed E-state index contributed by atoms with van der Waals surface area (Å²) in [5, 5.41) is 18.7. The third kappa shape index (κ3) is 5.87. The third-order valence-corrected chi connectivity index (χ3v) is 6.35. The highest BCUT2D eigenvalue weighted by Crippen LogP contribution is 2.23. The number of phenols is 1. The number of hydrogen-bond donors (Lipinski definition) is 3. The van der Waals surface area contributed by atoms with Gasteiger partial charge in [0.25, 0.3) is 0 Å². The summed E-state index contributed by atoms with van der Waals surface area (Å²) in [5.74, 6) is -0.895. The average molecular weight is 456 g/mol. The van der Waals surface area contributed by atoms with Crippen LogP contribution in [0.5, 0.6) is 11.5 Å². The summed E-state index contributed by atoms with van der Waals surface area (Å²) in [4.78, 5) is 11.3. The number of carboxylic acid groups (broad SMARTS) is 1. The largest absolute Gasteiger partial charge is 0.508 e. The van der Waals surface area contributed by atoms with Gasteiger partial charge in [0.1, 0.15) is 24.1 Å². The summed E-state index contributed by atoms with van der Waals surface area (Å²) in [5.41, 5.74) is 2.66. The molecule has 0 unspecified atom stereocenters. The van der Waals surface area contributed by atoms with E-state index < -0.39 is 28.0 Å². The molecule has 3 N–H and O–H groups in total. The van der Waals surface area contributed by atoms with Crippen molar-refractivity contribution in [2.75, 3.05) is 0 Å². The van der Waals surface area contributed by atoms with Gasteiger partial charge in [-0.05, 0) is 46.9 Å². The van der Waals surface area contributed by atoms with E-state index in [0.29, 0.717) is 12.4 Å². The van der Waals surface area contributed by atoms with Crippen LogP contribution in [0.3, 0.4) is 0 Å². The van der Waals surface area contributed by atoms with Gasteiger partial charge < -0.3 is 14.9 Å². The smallest absolute Gasteiger partial charge is 0.322 e. The van der Waals surface area contributed by atoms with Gasteiger partial charge in [-0.2, -0.15) is 4.72 Å². The van der Waals surface area contributed by atoms with Crippen molar-refractivity contribution in [2.45, 2.75) is 31.4 Å². The van der Waals surface area contributed by atoms with Crippen molar-refractivity contribution in [3.05, 3.63) is 78.4 Å². The van der Waals surface area contributed by atoms with E-state index in [9.17, 15) is 23.4 Å². The molecule has 1 atom stereocenters. The fraction of sp³-hybridized carbons (Fsp3) is 0.208. The Morgan fingerprint density at radius 3 is 2.09 bits per heavy atom. The maximum atomic E-state index is 12.5. The van der Waals surface area contributed by atoms with E-state index in [0.717, 1.165) is 16.7 Å². The van der Waals surface area contributed by atoms with Gasteiger partial charge in [-0.3, -0.25) is 4.79 Å². The highest BCUT2D eigenvalue weighted by atomic mass is 32.2. The van der Waals surface area contributed by atoms with Crippen LogP contribution in [0, 0.1) is 5.92 Å². The SMILES string of the molecule is CC(C)[C@@H](NS(=O)(=O)c1ccc(-c2ccc(COc3cccc(O)c3)cc2)cc1)C(=O)O. The predicted octanol–water partition coefficient (Wildman–Crippen LogP) is 4.03. The Morgan fingerprint density at radius 1 is 0.969 bits per heavy atom. The quantitative estimate of drug-likeness (QED) is 0.449. The first-order chi connectivity index (χ1) is 15.2. The molecule has 0 amide bonds. The molecule has 0 aliphatic carbocycles. The van der Waals surface area contributed by atoms with Crippen molar-refractivity contribution in [3.8, 4) is 22.6 Å². The second-order valence-corrected chi connectivity index (χ2v) is 9.40. The number of carbonyl (C=O) groups is 1. The molecule has 0 heterocycles. The number of sulfonamides is 1. The van der Waals surface area contributed by atoms with Gasteiger partial charge in [0.15, 0.2) is 0 Å². The van der Waals surface area contributed by atoms with Crippen LogP contribution in [0.15, 0.2) is 77.7 Å². The molecule has 8 heteroatoms. The molecule has 3 rings (SSSR count). The number of aliphatic carboxylic acids is 1. The van der Waals surface area contributed by atoms with E-state index in [-0.39, 0.29) is 10.6 Å². The second-order valence-electron chi connectivity index (χ2n) is 7.69. The molecule has 0 bridgehead atoms. The van der Waals surface area contributed by atoms with E-state index in [1.54, 1.807) is 50.2 Å². The Balaban J connectivity index is 1.68. The number of hydrogen-bond acceptors (Lipinski definition) is 5. The Hall–Kier alpha value is -3.36. The molecule has 7 nitrogen and oxygen atoms in total. The fourth-order valence-electron chi connectivity index (χ4n) is 3.07. The third-order valence-electron chi connectivity index (χ3n) is 4.89. The zero-order valence-electron chi connectivity index (χ0n) is 17.7. The lowest BCUT2D eigenvalue weighted by atomic mass is 10.0. The molecule has 0 saturated carbocycles. The molecular formula is C24H25NO6S. The van der Waals surface area contributed by atoms with Crippen LogP contribution >= 0.6 is 0 Å².